The molecule has 0 unspecified atom stereocenters. The summed E-state index contributed by atoms with van der Waals surface area (Å²) in [5, 5.41) is 4.52. The molecular weight excluding hydrogens is 357 g/mol. The summed E-state index contributed by atoms with van der Waals surface area (Å²) in [6.07, 6.45) is 1.34. The number of aromatic nitrogens is 4. The van der Waals surface area contributed by atoms with Gasteiger partial charge >= 0.3 is 6.36 Å². The highest BCUT2D eigenvalue weighted by Crippen LogP contribution is 2.29. The maximum absolute atomic E-state index is 12.3. The minimum Gasteiger partial charge on any atom is -0.406 e. The molecule has 0 aliphatic rings. The number of ether oxygens (including phenoxy) is 1. The monoisotopic (exact) mass is 370 g/mol. The third kappa shape index (κ3) is 4.14. The van der Waals surface area contributed by atoms with Gasteiger partial charge in [-0.3, -0.25) is 0 Å². The Morgan fingerprint density at radius 2 is 2.00 bits per heavy atom. The van der Waals surface area contributed by atoms with Gasteiger partial charge in [-0.25, -0.2) is 9.67 Å². The van der Waals surface area contributed by atoms with Gasteiger partial charge in [0, 0.05) is 31.1 Å². The molecule has 1 aromatic carbocycles. The van der Waals surface area contributed by atoms with E-state index in [1.54, 1.807) is 12.4 Å². The van der Waals surface area contributed by atoms with Crippen molar-refractivity contribution in [2.24, 2.45) is 0 Å². The van der Waals surface area contributed by atoms with E-state index in [9.17, 15) is 13.2 Å². The summed E-state index contributed by atoms with van der Waals surface area (Å²) in [7, 11) is 0. The number of nitrogens with zero attached hydrogens (tertiary/aromatic N) is 4. The van der Waals surface area contributed by atoms with Gasteiger partial charge in [-0.2, -0.15) is 5.10 Å². The summed E-state index contributed by atoms with van der Waals surface area (Å²) in [6, 6.07) is 5.54. The van der Waals surface area contributed by atoms with E-state index in [4.69, 9.17) is 11.6 Å². The van der Waals surface area contributed by atoms with Crippen LogP contribution in [0, 0.1) is 0 Å². The van der Waals surface area contributed by atoms with E-state index in [2.05, 4.69) is 14.8 Å². The SMILES string of the molecule is CCc1nccn1Cc1ccn(-c2ccc(OC(F)(F)F)cc2Cl)n1. The Morgan fingerprint density at radius 3 is 2.68 bits per heavy atom. The quantitative estimate of drug-likeness (QED) is 0.675. The van der Waals surface area contributed by atoms with Crippen LogP contribution in [0.3, 0.4) is 0 Å². The predicted octanol–water partition coefficient (Wildman–Crippen LogP) is 4.23. The van der Waals surface area contributed by atoms with E-state index >= 15 is 0 Å². The van der Waals surface area contributed by atoms with Crippen molar-refractivity contribution in [2.75, 3.05) is 0 Å². The van der Waals surface area contributed by atoms with Gasteiger partial charge in [-0.15, -0.1) is 13.2 Å². The van der Waals surface area contributed by atoms with Crippen molar-refractivity contribution in [2.45, 2.75) is 26.3 Å². The topological polar surface area (TPSA) is 44.9 Å². The average Bonchev–Trinajstić information content (AvgIpc) is 3.15. The number of rotatable bonds is 5. The molecular formula is C16H14ClF3N4O. The Hall–Kier alpha value is -2.48. The summed E-state index contributed by atoms with van der Waals surface area (Å²) in [5.74, 6) is 0.570. The fourth-order valence-electron chi connectivity index (χ4n) is 2.42. The van der Waals surface area contributed by atoms with Gasteiger partial charge in [-0.05, 0) is 18.2 Å². The van der Waals surface area contributed by atoms with Crippen LogP contribution in [0.4, 0.5) is 13.2 Å². The van der Waals surface area contributed by atoms with Gasteiger partial charge in [0.15, 0.2) is 0 Å². The van der Waals surface area contributed by atoms with Crippen LogP contribution in [-0.4, -0.2) is 25.7 Å². The molecule has 0 N–H and O–H groups in total. The molecule has 0 atom stereocenters. The average molecular weight is 371 g/mol. The lowest BCUT2D eigenvalue weighted by atomic mass is 10.3. The standard InChI is InChI=1S/C16H14ClF3N4O/c1-2-15-21-6-8-23(15)10-11-5-7-24(22-11)14-4-3-12(9-13(14)17)25-16(18,19)20/h3-9H,2,10H2,1H3. The van der Waals surface area contributed by atoms with Crippen molar-refractivity contribution in [3.63, 3.8) is 0 Å². The Balaban J connectivity index is 1.80. The first-order chi connectivity index (χ1) is 11.9. The fraction of sp³-hybridized carbons (Fsp3) is 0.250. The van der Waals surface area contributed by atoms with Crippen LogP contribution in [0.15, 0.2) is 42.9 Å². The lowest BCUT2D eigenvalue weighted by Crippen LogP contribution is -2.17. The molecule has 0 spiro atoms. The summed E-state index contributed by atoms with van der Waals surface area (Å²) in [5.41, 5.74) is 1.24. The molecule has 0 aliphatic carbocycles. The Bertz CT molecular complexity index is 872. The van der Waals surface area contributed by atoms with Gasteiger partial charge in [0.2, 0.25) is 0 Å². The first-order valence-corrected chi connectivity index (χ1v) is 7.83. The van der Waals surface area contributed by atoms with Crippen LogP contribution in [0.2, 0.25) is 5.02 Å². The van der Waals surface area contributed by atoms with Crippen LogP contribution in [0.1, 0.15) is 18.4 Å². The van der Waals surface area contributed by atoms with E-state index in [0.29, 0.717) is 12.2 Å². The van der Waals surface area contributed by atoms with Crippen LogP contribution in [0.5, 0.6) is 5.75 Å². The van der Waals surface area contributed by atoms with Crippen LogP contribution < -0.4 is 4.74 Å². The molecule has 9 heteroatoms. The lowest BCUT2D eigenvalue weighted by Gasteiger charge is -2.11. The molecule has 132 valence electrons. The van der Waals surface area contributed by atoms with Crippen LogP contribution >= 0.6 is 11.6 Å². The Kier molecular flexibility index (Phi) is 4.71. The molecule has 3 rings (SSSR count). The molecule has 2 heterocycles. The third-order valence-corrected chi connectivity index (χ3v) is 3.80. The number of imidazole rings is 1. The van der Waals surface area contributed by atoms with Gasteiger partial charge in [-0.1, -0.05) is 18.5 Å². The minimum absolute atomic E-state index is 0.105. The highest BCUT2D eigenvalue weighted by Gasteiger charge is 2.31. The van der Waals surface area contributed by atoms with Crippen molar-refractivity contribution in [3.8, 4) is 11.4 Å². The number of aryl methyl sites for hydroxylation is 1. The van der Waals surface area contributed by atoms with Crippen molar-refractivity contribution in [3.05, 3.63) is 59.4 Å². The molecule has 3 aromatic rings. The lowest BCUT2D eigenvalue weighted by molar-refractivity contribution is -0.274. The highest BCUT2D eigenvalue weighted by molar-refractivity contribution is 6.32. The molecule has 0 amide bonds. The number of halogens is 4. The second-order valence-electron chi connectivity index (χ2n) is 5.24. The Morgan fingerprint density at radius 1 is 1.20 bits per heavy atom. The number of benzene rings is 1. The maximum atomic E-state index is 12.3. The molecule has 0 radical (unpaired) electrons. The molecule has 2 aromatic heterocycles. The molecule has 5 nitrogen and oxygen atoms in total. The molecule has 0 saturated carbocycles. The van der Waals surface area contributed by atoms with Gasteiger partial charge in [0.05, 0.1) is 22.9 Å². The zero-order chi connectivity index (χ0) is 18.0. The number of hydrogen-bond donors (Lipinski definition) is 0. The Labute approximate surface area is 146 Å². The van der Waals surface area contributed by atoms with E-state index in [0.717, 1.165) is 24.0 Å². The first-order valence-electron chi connectivity index (χ1n) is 7.46. The summed E-state index contributed by atoms with van der Waals surface area (Å²) >= 11 is 6.07. The van der Waals surface area contributed by atoms with Gasteiger partial charge in [0.1, 0.15) is 11.6 Å². The number of hydrogen-bond acceptors (Lipinski definition) is 3. The molecule has 0 saturated heterocycles. The molecule has 0 aliphatic heterocycles. The summed E-state index contributed by atoms with van der Waals surface area (Å²) in [4.78, 5) is 4.25. The second-order valence-corrected chi connectivity index (χ2v) is 5.64. The van der Waals surface area contributed by atoms with Gasteiger partial charge < -0.3 is 9.30 Å². The van der Waals surface area contributed by atoms with Crippen LogP contribution in [-0.2, 0) is 13.0 Å². The normalized spacial score (nSPS) is 11.7. The molecule has 0 fully saturated rings. The molecule has 0 bridgehead atoms. The van der Waals surface area contributed by atoms with Crippen molar-refractivity contribution in [1.29, 1.82) is 0 Å². The highest BCUT2D eigenvalue weighted by atomic mass is 35.5. The van der Waals surface area contributed by atoms with E-state index in [1.807, 2.05) is 23.8 Å². The fourth-order valence-corrected chi connectivity index (χ4v) is 2.68. The van der Waals surface area contributed by atoms with Crippen molar-refractivity contribution < 1.29 is 17.9 Å². The van der Waals surface area contributed by atoms with Crippen LogP contribution in [0.25, 0.3) is 5.69 Å². The van der Waals surface area contributed by atoms with Crippen molar-refractivity contribution in [1.82, 2.24) is 19.3 Å². The third-order valence-electron chi connectivity index (χ3n) is 3.49. The summed E-state index contributed by atoms with van der Waals surface area (Å²) in [6.45, 7) is 2.56. The summed E-state index contributed by atoms with van der Waals surface area (Å²) < 4.78 is 44.1. The van der Waals surface area contributed by atoms with E-state index < -0.39 is 6.36 Å². The smallest absolute Gasteiger partial charge is 0.406 e. The van der Waals surface area contributed by atoms with Crippen molar-refractivity contribution >= 4 is 11.6 Å². The molecule has 25 heavy (non-hydrogen) atoms. The zero-order valence-corrected chi connectivity index (χ0v) is 13.9. The maximum Gasteiger partial charge on any atom is 0.573 e. The first kappa shape index (κ1) is 17.3. The van der Waals surface area contributed by atoms with Gasteiger partial charge in [0.25, 0.3) is 0 Å². The zero-order valence-electron chi connectivity index (χ0n) is 13.2. The largest absolute Gasteiger partial charge is 0.573 e. The second kappa shape index (κ2) is 6.79. The predicted molar refractivity (Wildman–Crippen MR) is 86.0 cm³/mol. The van der Waals surface area contributed by atoms with E-state index in [1.165, 1.54) is 16.8 Å². The minimum atomic E-state index is -4.76. The number of alkyl halides is 3. The van der Waals surface area contributed by atoms with E-state index in [-0.39, 0.29) is 10.8 Å².